The molecule has 0 aliphatic heterocycles. The summed E-state index contributed by atoms with van der Waals surface area (Å²) in [6.07, 6.45) is 0. The molecule has 2 nitrogen and oxygen atoms in total. The second-order valence-electron chi connectivity index (χ2n) is 4.31. The van der Waals surface area contributed by atoms with Gasteiger partial charge in [-0.05, 0) is 28.8 Å². The summed E-state index contributed by atoms with van der Waals surface area (Å²) in [5.41, 5.74) is 2.89. The zero-order valence-electron chi connectivity index (χ0n) is 10.4. The van der Waals surface area contributed by atoms with Gasteiger partial charge in [0, 0.05) is 18.1 Å². The van der Waals surface area contributed by atoms with E-state index >= 15 is 0 Å². The molecule has 0 aliphatic carbocycles. The fourth-order valence-electron chi connectivity index (χ4n) is 1.77. The molecule has 0 atom stereocenters. The molecule has 4 heteroatoms. The van der Waals surface area contributed by atoms with E-state index in [1.165, 1.54) is 12.1 Å². The molecule has 19 heavy (non-hydrogen) atoms. The van der Waals surface area contributed by atoms with E-state index in [4.69, 9.17) is 16.7 Å². The van der Waals surface area contributed by atoms with Gasteiger partial charge in [-0.25, -0.2) is 4.39 Å². The fourth-order valence-corrected chi connectivity index (χ4v) is 2.00. The maximum atomic E-state index is 12.9. The number of rotatable bonds is 5. The first-order valence-electron chi connectivity index (χ1n) is 6.02. The molecule has 0 heterocycles. The summed E-state index contributed by atoms with van der Waals surface area (Å²) in [5.74, 6) is -0.326. The third-order valence-electron chi connectivity index (χ3n) is 2.87. The number of benzene rings is 2. The van der Waals surface area contributed by atoms with Gasteiger partial charge in [0.25, 0.3) is 0 Å². The lowest BCUT2D eigenvalue weighted by atomic mass is 10.1. The maximum Gasteiger partial charge on any atom is 0.124 e. The van der Waals surface area contributed by atoms with Crippen molar-refractivity contribution < 1.29 is 9.50 Å². The molecule has 100 valence electrons. The Morgan fingerprint density at radius 2 is 1.68 bits per heavy atom. The van der Waals surface area contributed by atoms with Crippen LogP contribution < -0.4 is 5.32 Å². The van der Waals surface area contributed by atoms with Crippen LogP contribution in [-0.2, 0) is 19.7 Å². The smallest absolute Gasteiger partial charge is 0.124 e. The molecule has 2 rings (SSSR count). The lowest BCUT2D eigenvalue weighted by Crippen LogP contribution is -2.13. The second-order valence-corrected chi connectivity index (χ2v) is 4.72. The topological polar surface area (TPSA) is 32.3 Å². The van der Waals surface area contributed by atoms with Crippen molar-refractivity contribution >= 4 is 11.6 Å². The van der Waals surface area contributed by atoms with Crippen molar-refractivity contribution in [3.63, 3.8) is 0 Å². The maximum absolute atomic E-state index is 12.9. The van der Waals surface area contributed by atoms with E-state index in [-0.39, 0.29) is 12.4 Å². The molecule has 2 aromatic rings. The Balaban J connectivity index is 1.88. The lowest BCUT2D eigenvalue weighted by molar-refractivity contribution is 0.282. The number of aliphatic hydroxyl groups excluding tert-OH is 1. The van der Waals surface area contributed by atoms with Crippen molar-refractivity contribution in [2.24, 2.45) is 0 Å². The number of nitrogens with one attached hydrogen (secondary N) is 1. The summed E-state index contributed by atoms with van der Waals surface area (Å²) in [7, 11) is 0. The minimum Gasteiger partial charge on any atom is -0.392 e. The van der Waals surface area contributed by atoms with E-state index in [0.717, 1.165) is 16.7 Å². The largest absolute Gasteiger partial charge is 0.392 e. The van der Waals surface area contributed by atoms with Gasteiger partial charge in [0.2, 0.25) is 0 Å². The summed E-state index contributed by atoms with van der Waals surface area (Å²) >= 11 is 5.94. The predicted molar refractivity (Wildman–Crippen MR) is 74.3 cm³/mol. The van der Waals surface area contributed by atoms with Gasteiger partial charge < -0.3 is 10.4 Å². The summed E-state index contributed by atoms with van der Waals surface area (Å²) in [5, 5.41) is 12.6. The van der Waals surface area contributed by atoms with Crippen molar-refractivity contribution in [3.05, 3.63) is 70.0 Å². The Bertz CT molecular complexity index is 542. The molecule has 0 aliphatic rings. The Hall–Kier alpha value is -1.42. The van der Waals surface area contributed by atoms with E-state index in [1.54, 1.807) is 6.07 Å². The van der Waals surface area contributed by atoms with E-state index < -0.39 is 0 Å². The van der Waals surface area contributed by atoms with Gasteiger partial charge in [0.1, 0.15) is 5.82 Å². The van der Waals surface area contributed by atoms with Crippen molar-refractivity contribution in [2.75, 3.05) is 0 Å². The van der Waals surface area contributed by atoms with Crippen LogP contribution in [0.5, 0.6) is 0 Å². The van der Waals surface area contributed by atoms with Crippen molar-refractivity contribution in [1.82, 2.24) is 5.32 Å². The highest BCUT2D eigenvalue weighted by Gasteiger charge is 2.01. The molecule has 0 bridgehead atoms. The zero-order valence-corrected chi connectivity index (χ0v) is 11.1. The zero-order chi connectivity index (χ0) is 13.7. The highest BCUT2D eigenvalue weighted by molar-refractivity contribution is 6.31. The van der Waals surface area contributed by atoms with Gasteiger partial charge in [-0.15, -0.1) is 0 Å². The van der Waals surface area contributed by atoms with Crippen LogP contribution in [0, 0.1) is 5.82 Å². The molecule has 2 aromatic carbocycles. The van der Waals surface area contributed by atoms with Crippen LogP contribution in [-0.4, -0.2) is 5.11 Å². The summed E-state index contributed by atoms with van der Waals surface area (Å²) < 4.78 is 12.9. The number of aliphatic hydroxyl groups is 1. The molecule has 0 amide bonds. The summed E-state index contributed by atoms with van der Waals surface area (Å²) in [4.78, 5) is 0. The quantitative estimate of drug-likeness (QED) is 0.880. The van der Waals surface area contributed by atoms with Crippen LogP contribution in [0.1, 0.15) is 16.7 Å². The van der Waals surface area contributed by atoms with Gasteiger partial charge in [-0.3, -0.25) is 0 Å². The molecule has 0 saturated heterocycles. The first-order chi connectivity index (χ1) is 9.19. The standard InChI is InChI=1S/C15H15ClFNO/c16-15-7-14(17)6-5-13(15)9-18-8-11-1-3-12(10-19)4-2-11/h1-7,18-19H,8-10H2. The molecule has 0 radical (unpaired) electrons. The third-order valence-corrected chi connectivity index (χ3v) is 3.22. The highest BCUT2D eigenvalue weighted by atomic mass is 35.5. The van der Waals surface area contributed by atoms with Crippen LogP contribution in [0.3, 0.4) is 0 Å². The van der Waals surface area contributed by atoms with E-state index in [9.17, 15) is 4.39 Å². The van der Waals surface area contributed by atoms with E-state index in [1.807, 2.05) is 24.3 Å². The Labute approximate surface area is 116 Å². The van der Waals surface area contributed by atoms with E-state index in [2.05, 4.69) is 5.32 Å². The average molecular weight is 280 g/mol. The number of halogens is 2. The second kappa shape index (κ2) is 6.66. The SMILES string of the molecule is OCc1ccc(CNCc2ccc(F)cc2Cl)cc1. The minimum atomic E-state index is -0.326. The normalized spacial score (nSPS) is 10.7. The molecular formula is C15H15ClFNO. The first kappa shape index (κ1) is 14.0. The van der Waals surface area contributed by atoms with Crippen molar-refractivity contribution in [2.45, 2.75) is 19.7 Å². The summed E-state index contributed by atoms with van der Waals surface area (Å²) in [6, 6.07) is 12.1. The number of hydrogen-bond acceptors (Lipinski definition) is 2. The minimum absolute atomic E-state index is 0.0545. The fraction of sp³-hybridized carbons (Fsp3) is 0.200. The molecule has 0 saturated carbocycles. The van der Waals surface area contributed by atoms with Crippen molar-refractivity contribution in [1.29, 1.82) is 0 Å². The Morgan fingerprint density at radius 1 is 1.00 bits per heavy atom. The van der Waals surface area contributed by atoms with Gasteiger partial charge in [-0.1, -0.05) is 41.9 Å². The van der Waals surface area contributed by atoms with Crippen LogP contribution in [0.4, 0.5) is 4.39 Å². The van der Waals surface area contributed by atoms with Crippen LogP contribution in [0.15, 0.2) is 42.5 Å². The molecule has 0 fully saturated rings. The Morgan fingerprint density at radius 3 is 2.32 bits per heavy atom. The third kappa shape index (κ3) is 4.03. The molecule has 0 spiro atoms. The Kier molecular flexibility index (Phi) is 4.91. The van der Waals surface area contributed by atoms with E-state index in [0.29, 0.717) is 18.1 Å². The van der Waals surface area contributed by atoms with Crippen LogP contribution in [0.2, 0.25) is 5.02 Å². The van der Waals surface area contributed by atoms with Crippen LogP contribution in [0.25, 0.3) is 0 Å². The van der Waals surface area contributed by atoms with Gasteiger partial charge in [0.05, 0.1) is 6.61 Å². The average Bonchev–Trinajstić information content (AvgIpc) is 2.42. The van der Waals surface area contributed by atoms with Gasteiger partial charge >= 0.3 is 0 Å². The molecule has 0 aromatic heterocycles. The first-order valence-corrected chi connectivity index (χ1v) is 6.40. The van der Waals surface area contributed by atoms with Crippen molar-refractivity contribution in [3.8, 4) is 0 Å². The van der Waals surface area contributed by atoms with Gasteiger partial charge in [-0.2, -0.15) is 0 Å². The lowest BCUT2D eigenvalue weighted by Gasteiger charge is -2.07. The monoisotopic (exact) mass is 279 g/mol. The summed E-state index contributed by atoms with van der Waals surface area (Å²) in [6.45, 7) is 1.33. The molecule has 2 N–H and O–H groups in total. The highest BCUT2D eigenvalue weighted by Crippen LogP contribution is 2.17. The van der Waals surface area contributed by atoms with Gasteiger partial charge in [0.15, 0.2) is 0 Å². The number of hydrogen-bond donors (Lipinski definition) is 2. The van der Waals surface area contributed by atoms with Crippen LogP contribution >= 0.6 is 11.6 Å². The molecular weight excluding hydrogens is 265 g/mol. The molecule has 0 unspecified atom stereocenters. The predicted octanol–water partition coefficient (Wildman–Crippen LogP) is 3.26.